The number of aromatic amines is 1. The summed E-state index contributed by atoms with van der Waals surface area (Å²) < 4.78 is 30.3. The van der Waals surface area contributed by atoms with Crippen LogP contribution in [0.3, 0.4) is 0 Å². The Kier molecular flexibility index (Phi) is 8.55. The lowest BCUT2D eigenvalue weighted by Crippen LogP contribution is -2.50. The molecule has 210 valence electrons. The number of aryl methyl sites for hydroxylation is 1. The van der Waals surface area contributed by atoms with E-state index in [1.165, 1.54) is 17.0 Å². The fraction of sp³-hybridized carbons (Fsp3) is 0.444. The molecule has 0 spiro atoms. The van der Waals surface area contributed by atoms with E-state index < -0.39 is 29.2 Å². The van der Waals surface area contributed by atoms with Crippen molar-refractivity contribution in [3.8, 4) is 0 Å². The third-order valence-electron chi connectivity index (χ3n) is 7.34. The van der Waals surface area contributed by atoms with Crippen molar-refractivity contribution in [1.29, 1.82) is 0 Å². The Morgan fingerprint density at radius 1 is 1.31 bits per heavy atom. The Morgan fingerprint density at radius 2 is 2.05 bits per heavy atom. The first-order valence-electron chi connectivity index (χ1n) is 12.6. The smallest absolute Gasteiger partial charge is 0.310 e. The van der Waals surface area contributed by atoms with Crippen molar-refractivity contribution in [2.24, 2.45) is 5.41 Å². The fourth-order valence-corrected chi connectivity index (χ4v) is 5.31. The van der Waals surface area contributed by atoms with Gasteiger partial charge in [-0.05, 0) is 59.5 Å². The van der Waals surface area contributed by atoms with Crippen LogP contribution < -0.4 is 5.32 Å². The Balaban J connectivity index is 1.63. The molecule has 4 N–H and O–H groups in total. The lowest BCUT2D eigenvalue weighted by Gasteiger charge is -2.43. The highest BCUT2D eigenvalue weighted by Gasteiger charge is 2.45. The van der Waals surface area contributed by atoms with Crippen LogP contribution in [-0.4, -0.2) is 67.8 Å². The van der Waals surface area contributed by atoms with Crippen LogP contribution >= 0.6 is 11.6 Å². The van der Waals surface area contributed by atoms with Crippen LogP contribution in [0, 0.1) is 24.0 Å². The molecule has 0 radical (unpaired) electrons. The highest BCUT2D eigenvalue weighted by atomic mass is 35.5. The number of nitrogens with zero attached hydrogens (tertiary/aromatic N) is 4. The van der Waals surface area contributed by atoms with Crippen molar-refractivity contribution >= 4 is 29.2 Å². The van der Waals surface area contributed by atoms with E-state index >= 15 is 4.39 Å². The molecule has 3 aromatic rings. The summed E-state index contributed by atoms with van der Waals surface area (Å²) >= 11 is 5.93. The second kappa shape index (κ2) is 11.5. The number of likely N-dealkylation sites (tertiary alicyclic amines) is 1. The molecule has 4 rings (SSSR count). The molecule has 1 aromatic carbocycles. The third-order valence-corrected chi connectivity index (χ3v) is 7.63. The van der Waals surface area contributed by atoms with Gasteiger partial charge in [-0.3, -0.25) is 19.7 Å². The maximum Gasteiger partial charge on any atom is 0.310 e. The first-order valence-corrected chi connectivity index (χ1v) is 13.0. The molecule has 0 aliphatic carbocycles. The van der Waals surface area contributed by atoms with Crippen molar-refractivity contribution in [3.05, 3.63) is 69.5 Å². The molecule has 9 nitrogen and oxygen atoms in total. The van der Waals surface area contributed by atoms with Gasteiger partial charge in [0.25, 0.3) is 0 Å². The maximum absolute atomic E-state index is 15.8. The van der Waals surface area contributed by atoms with E-state index in [-0.39, 0.29) is 53.9 Å². The number of aliphatic hydroxyl groups excluding tert-OH is 1. The van der Waals surface area contributed by atoms with E-state index in [1.807, 2.05) is 18.7 Å². The van der Waals surface area contributed by atoms with E-state index in [2.05, 4.69) is 20.5 Å². The topological polar surface area (TPSA) is 118 Å². The molecule has 0 amide bonds. The summed E-state index contributed by atoms with van der Waals surface area (Å²) in [6, 6.07) is 7.71. The van der Waals surface area contributed by atoms with E-state index in [4.69, 9.17) is 11.6 Å². The standard InChI is InChI=1S/C27H33ClF2N6O3/c1-15-10-22(34-33-15)32-21-11-18(25(37)35(3)4)24(30)20(31-21)13-27(26(38)39)8-9-36(16(2)12-27)14-17-6-5-7-19(28)23(17)29/h5-7,10-11,16,25,37H,8-9,12-14H2,1-4H3,(H,38,39)(H2,31,32,33,34)/t16-,25?,27-/m1/s1. The molecule has 0 bridgehead atoms. The number of pyridine rings is 1. The van der Waals surface area contributed by atoms with Crippen LogP contribution in [0.1, 0.15) is 48.5 Å². The lowest BCUT2D eigenvalue weighted by molar-refractivity contribution is -0.153. The van der Waals surface area contributed by atoms with Gasteiger partial charge in [-0.25, -0.2) is 13.8 Å². The number of benzene rings is 1. The zero-order valence-electron chi connectivity index (χ0n) is 22.3. The Hall–Kier alpha value is -3.12. The molecular formula is C27H33ClF2N6O3. The Morgan fingerprint density at radius 3 is 2.67 bits per heavy atom. The van der Waals surface area contributed by atoms with Gasteiger partial charge in [0, 0.05) is 41.9 Å². The molecule has 1 aliphatic heterocycles. The van der Waals surface area contributed by atoms with E-state index in [1.54, 1.807) is 32.3 Å². The second-order valence-electron chi connectivity index (χ2n) is 10.5. The zero-order chi connectivity index (χ0) is 28.5. The van der Waals surface area contributed by atoms with Gasteiger partial charge in [-0.2, -0.15) is 5.10 Å². The molecular weight excluding hydrogens is 530 g/mol. The first-order chi connectivity index (χ1) is 18.4. The number of aliphatic carboxylic acids is 1. The van der Waals surface area contributed by atoms with Crippen molar-refractivity contribution < 1.29 is 23.8 Å². The molecule has 12 heteroatoms. The highest BCUT2D eigenvalue weighted by molar-refractivity contribution is 6.30. The quantitative estimate of drug-likeness (QED) is 0.279. The minimum Gasteiger partial charge on any atom is -0.481 e. The van der Waals surface area contributed by atoms with Gasteiger partial charge in [0.15, 0.2) is 11.6 Å². The average molecular weight is 563 g/mol. The largest absolute Gasteiger partial charge is 0.481 e. The van der Waals surface area contributed by atoms with Crippen LogP contribution in [0.25, 0.3) is 0 Å². The fourth-order valence-electron chi connectivity index (χ4n) is 5.11. The highest BCUT2D eigenvalue weighted by Crippen LogP contribution is 2.40. The predicted molar refractivity (Wildman–Crippen MR) is 144 cm³/mol. The van der Waals surface area contributed by atoms with Gasteiger partial charge in [0.05, 0.1) is 16.1 Å². The molecule has 0 saturated carbocycles. The number of aromatic nitrogens is 3. The number of carbonyl (C=O) groups is 1. The van der Waals surface area contributed by atoms with E-state index in [0.717, 1.165) is 5.69 Å². The molecule has 3 heterocycles. The van der Waals surface area contributed by atoms with Gasteiger partial charge in [0.2, 0.25) is 0 Å². The SMILES string of the molecule is Cc1cc(Nc2cc(C(O)N(C)C)c(F)c(C[C@@]3(C(=O)O)CCN(Cc4cccc(Cl)c4F)[C@H](C)C3)n2)n[nH]1. The summed E-state index contributed by atoms with van der Waals surface area (Å²) in [6.45, 7) is 4.34. The summed E-state index contributed by atoms with van der Waals surface area (Å²) in [5, 5.41) is 31.0. The van der Waals surface area contributed by atoms with Gasteiger partial charge < -0.3 is 15.5 Å². The zero-order valence-corrected chi connectivity index (χ0v) is 23.1. The number of carboxylic acid groups (broad SMARTS) is 1. The molecule has 39 heavy (non-hydrogen) atoms. The van der Waals surface area contributed by atoms with Crippen LogP contribution in [0.5, 0.6) is 0 Å². The van der Waals surface area contributed by atoms with Crippen molar-refractivity contribution in [2.75, 3.05) is 26.0 Å². The van der Waals surface area contributed by atoms with Crippen molar-refractivity contribution in [1.82, 2.24) is 25.0 Å². The number of halogens is 3. The molecule has 1 saturated heterocycles. The normalized spacial score (nSPS) is 20.8. The minimum absolute atomic E-state index is 0.0257. The number of piperidine rings is 1. The maximum atomic E-state index is 15.8. The van der Waals surface area contributed by atoms with Crippen LogP contribution in [0.15, 0.2) is 30.3 Å². The third kappa shape index (κ3) is 6.22. The van der Waals surface area contributed by atoms with Gasteiger partial charge in [0.1, 0.15) is 17.9 Å². The van der Waals surface area contributed by atoms with Gasteiger partial charge in [-0.15, -0.1) is 0 Å². The number of anilines is 2. The summed E-state index contributed by atoms with van der Waals surface area (Å²) in [5.74, 6) is -1.62. The number of carboxylic acids is 1. The summed E-state index contributed by atoms with van der Waals surface area (Å²) in [6.07, 6.45) is -1.05. The summed E-state index contributed by atoms with van der Waals surface area (Å²) in [4.78, 5) is 20.5. The minimum atomic E-state index is -1.31. The number of hydrogen-bond acceptors (Lipinski definition) is 7. The molecule has 1 unspecified atom stereocenters. The lowest BCUT2D eigenvalue weighted by atomic mass is 9.72. The van der Waals surface area contributed by atoms with Crippen LogP contribution in [-0.2, 0) is 17.8 Å². The predicted octanol–water partition coefficient (Wildman–Crippen LogP) is 4.64. The van der Waals surface area contributed by atoms with E-state index in [9.17, 15) is 19.4 Å². The monoisotopic (exact) mass is 562 g/mol. The first kappa shape index (κ1) is 28.9. The Bertz CT molecular complexity index is 1350. The van der Waals surface area contributed by atoms with E-state index in [0.29, 0.717) is 17.9 Å². The number of aliphatic hydroxyl groups is 1. The number of rotatable bonds is 9. The van der Waals surface area contributed by atoms with Crippen molar-refractivity contribution in [2.45, 2.75) is 51.9 Å². The average Bonchev–Trinajstić information content (AvgIpc) is 3.29. The summed E-state index contributed by atoms with van der Waals surface area (Å²) in [5.41, 5.74) is -0.163. The second-order valence-corrected chi connectivity index (χ2v) is 10.9. The number of nitrogens with one attached hydrogen (secondary N) is 2. The Labute approximate surface area is 230 Å². The number of H-pyrrole nitrogens is 1. The summed E-state index contributed by atoms with van der Waals surface area (Å²) in [7, 11) is 3.21. The molecule has 2 aromatic heterocycles. The van der Waals surface area contributed by atoms with Gasteiger partial charge >= 0.3 is 5.97 Å². The van der Waals surface area contributed by atoms with Crippen LogP contribution in [0.2, 0.25) is 5.02 Å². The molecule has 1 aliphatic rings. The molecule has 3 atom stereocenters. The molecule has 1 fully saturated rings. The van der Waals surface area contributed by atoms with Gasteiger partial charge in [-0.1, -0.05) is 23.7 Å². The van der Waals surface area contributed by atoms with Crippen LogP contribution in [0.4, 0.5) is 20.4 Å². The number of hydrogen-bond donors (Lipinski definition) is 4. The van der Waals surface area contributed by atoms with Crippen molar-refractivity contribution in [3.63, 3.8) is 0 Å².